The third-order valence-corrected chi connectivity index (χ3v) is 3.09. The number of esters is 1. The molecule has 0 heterocycles. The summed E-state index contributed by atoms with van der Waals surface area (Å²) in [5, 5.41) is 2.64. The van der Waals surface area contributed by atoms with E-state index in [1.54, 1.807) is 48.5 Å². The Morgan fingerprint density at radius 1 is 1.04 bits per heavy atom. The largest absolute Gasteiger partial charge is 0.497 e. The van der Waals surface area contributed by atoms with Crippen LogP contribution >= 0.6 is 0 Å². The van der Waals surface area contributed by atoms with Gasteiger partial charge in [0.1, 0.15) is 11.5 Å². The Labute approximate surface area is 140 Å². The lowest BCUT2D eigenvalue weighted by Gasteiger charge is -2.08. The minimum atomic E-state index is -0.587. The topological polar surface area (TPSA) is 73.9 Å². The first kappa shape index (κ1) is 17.3. The number of amides is 1. The lowest BCUT2D eigenvalue weighted by Crippen LogP contribution is -2.20. The van der Waals surface area contributed by atoms with Gasteiger partial charge in [-0.05, 0) is 49.4 Å². The van der Waals surface area contributed by atoms with Crippen molar-refractivity contribution in [3.8, 4) is 11.5 Å². The number of nitrogens with one attached hydrogen (secondary N) is 1. The molecule has 0 spiro atoms. The summed E-state index contributed by atoms with van der Waals surface area (Å²) < 4.78 is 15.4. The fraction of sp³-hybridized carbons (Fsp3) is 0.222. The number of benzene rings is 2. The van der Waals surface area contributed by atoms with E-state index in [0.717, 1.165) is 5.75 Å². The normalized spacial score (nSPS) is 9.92. The van der Waals surface area contributed by atoms with Crippen LogP contribution in [-0.4, -0.2) is 32.2 Å². The zero-order chi connectivity index (χ0) is 17.4. The minimum absolute atomic E-state index is 0.322. The maximum absolute atomic E-state index is 11.9. The molecular weight excluding hydrogens is 310 g/mol. The zero-order valence-electron chi connectivity index (χ0n) is 13.6. The highest BCUT2D eigenvalue weighted by Crippen LogP contribution is 2.16. The van der Waals surface area contributed by atoms with Gasteiger partial charge in [-0.25, -0.2) is 4.79 Å². The molecule has 0 saturated heterocycles. The summed E-state index contributed by atoms with van der Waals surface area (Å²) in [6.45, 7) is 2.10. The van der Waals surface area contributed by atoms with Gasteiger partial charge in [0.15, 0.2) is 6.61 Å². The van der Waals surface area contributed by atoms with Crippen LogP contribution in [0.1, 0.15) is 17.3 Å². The first-order chi connectivity index (χ1) is 11.6. The third-order valence-electron chi connectivity index (χ3n) is 3.09. The van der Waals surface area contributed by atoms with Gasteiger partial charge in [0.2, 0.25) is 0 Å². The van der Waals surface area contributed by atoms with E-state index in [2.05, 4.69) is 5.32 Å². The third kappa shape index (κ3) is 5.01. The Morgan fingerprint density at radius 3 is 2.46 bits per heavy atom. The van der Waals surface area contributed by atoms with Crippen LogP contribution in [0.25, 0.3) is 0 Å². The molecule has 0 bridgehead atoms. The van der Waals surface area contributed by atoms with Gasteiger partial charge in [-0.1, -0.05) is 6.07 Å². The van der Waals surface area contributed by atoms with E-state index in [4.69, 9.17) is 14.2 Å². The van der Waals surface area contributed by atoms with Crippen LogP contribution in [0, 0.1) is 0 Å². The van der Waals surface area contributed by atoms with Crippen molar-refractivity contribution in [1.29, 1.82) is 0 Å². The molecule has 0 unspecified atom stereocenters. The molecule has 0 aliphatic rings. The summed E-state index contributed by atoms with van der Waals surface area (Å²) in [6.07, 6.45) is 0. The predicted molar refractivity (Wildman–Crippen MR) is 89.5 cm³/mol. The Hall–Kier alpha value is -3.02. The van der Waals surface area contributed by atoms with Crippen LogP contribution < -0.4 is 14.8 Å². The van der Waals surface area contributed by atoms with E-state index in [1.165, 1.54) is 7.11 Å². The number of hydrogen-bond acceptors (Lipinski definition) is 5. The molecule has 6 heteroatoms. The van der Waals surface area contributed by atoms with Crippen LogP contribution in [0.5, 0.6) is 11.5 Å². The fourth-order valence-electron chi connectivity index (χ4n) is 1.96. The monoisotopic (exact) mass is 329 g/mol. The Morgan fingerprint density at radius 2 is 1.79 bits per heavy atom. The molecule has 0 radical (unpaired) electrons. The van der Waals surface area contributed by atoms with Crippen LogP contribution in [0.2, 0.25) is 0 Å². The van der Waals surface area contributed by atoms with Gasteiger partial charge in [0.25, 0.3) is 5.91 Å². The number of hydrogen-bond donors (Lipinski definition) is 1. The average molecular weight is 329 g/mol. The SMILES string of the molecule is CCOc1ccc(NC(=O)COC(=O)c2cccc(OC)c2)cc1. The van der Waals surface area contributed by atoms with E-state index in [9.17, 15) is 9.59 Å². The molecule has 6 nitrogen and oxygen atoms in total. The number of carbonyl (C=O) groups is 2. The summed E-state index contributed by atoms with van der Waals surface area (Å²) in [6, 6.07) is 13.5. The quantitative estimate of drug-likeness (QED) is 0.791. The van der Waals surface area contributed by atoms with Gasteiger partial charge in [0.05, 0.1) is 19.3 Å². The molecule has 0 aliphatic heterocycles. The molecule has 0 atom stereocenters. The van der Waals surface area contributed by atoms with Gasteiger partial charge >= 0.3 is 5.97 Å². The second kappa shape index (κ2) is 8.57. The van der Waals surface area contributed by atoms with Crippen LogP contribution in [0.4, 0.5) is 5.69 Å². The van der Waals surface area contributed by atoms with Crippen molar-refractivity contribution in [3.63, 3.8) is 0 Å². The maximum Gasteiger partial charge on any atom is 0.338 e. The lowest BCUT2D eigenvalue weighted by atomic mass is 10.2. The number of anilines is 1. The molecule has 24 heavy (non-hydrogen) atoms. The Bertz CT molecular complexity index is 697. The van der Waals surface area contributed by atoms with E-state index in [0.29, 0.717) is 23.6 Å². The Kier molecular flexibility index (Phi) is 6.19. The van der Waals surface area contributed by atoms with Gasteiger partial charge in [0, 0.05) is 5.69 Å². The smallest absolute Gasteiger partial charge is 0.338 e. The molecule has 2 aromatic carbocycles. The highest BCUT2D eigenvalue weighted by molar-refractivity contribution is 5.95. The van der Waals surface area contributed by atoms with Gasteiger partial charge in [-0.3, -0.25) is 4.79 Å². The number of ether oxygens (including phenoxy) is 3. The van der Waals surface area contributed by atoms with E-state index < -0.39 is 11.9 Å². The van der Waals surface area contributed by atoms with Crippen LogP contribution in [-0.2, 0) is 9.53 Å². The number of carbonyl (C=O) groups excluding carboxylic acids is 2. The average Bonchev–Trinajstić information content (AvgIpc) is 2.61. The van der Waals surface area contributed by atoms with Crippen molar-refractivity contribution in [1.82, 2.24) is 0 Å². The second-order valence-electron chi connectivity index (χ2n) is 4.81. The first-order valence-corrected chi connectivity index (χ1v) is 7.46. The van der Waals surface area contributed by atoms with Crippen molar-refractivity contribution in [3.05, 3.63) is 54.1 Å². The van der Waals surface area contributed by atoms with Crippen molar-refractivity contribution in [2.75, 3.05) is 25.6 Å². The molecule has 2 rings (SSSR count). The first-order valence-electron chi connectivity index (χ1n) is 7.46. The highest BCUT2D eigenvalue weighted by Gasteiger charge is 2.11. The standard InChI is InChI=1S/C18H19NO5/c1-3-23-15-9-7-14(8-10-15)19-17(20)12-24-18(21)13-5-4-6-16(11-13)22-2/h4-11H,3,12H2,1-2H3,(H,19,20). The molecule has 0 fully saturated rings. The van der Waals surface area contributed by atoms with Gasteiger partial charge in [-0.2, -0.15) is 0 Å². The summed E-state index contributed by atoms with van der Waals surface area (Å²) in [4.78, 5) is 23.7. The van der Waals surface area contributed by atoms with Crippen LogP contribution in [0.3, 0.4) is 0 Å². The highest BCUT2D eigenvalue weighted by atomic mass is 16.5. The Balaban J connectivity index is 1.84. The van der Waals surface area contributed by atoms with Gasteiger partial charge in [-0.15, -0.1) is 0 Å². The van der Waals surface area contributed by atoms with Crippen molar-refractivity contribution in [2.24, 2.45) is 0 Å². The van der Waals surface area contributed by atoms with Crippen molar-refractivity contribution >= 4 is 17.6 Å². The van der Waals surface area contributed by atoms with E-state index in [1.807, 2.05) is 6.92 Å². The molecule has 1 N–H and O–H groups in total. The lowest BCUT2D eigenvalue weighted by molar-refractivity contribution is -0.119. The van der Waals surface area contributed by atoms with E-state index in [-0.39, 0.29) is 6.61 Å². The summed E-state index contributed by atoms with van der Waals surface area (Å²) >= 11 is 0. The van der Waals surface area contributed by atoms with E-state index >= 15 is 0 Å². The predicted octanol–water partition coefficient (Wildman–Crippen LogP) is 2.89. The molecule has 1 amide bonds. The second-order valence-corrected chi connectivity index (χ2v) is 4.81. The minimum Gasteiger partial charge on any atom is -0.497 e. The summed E-state index contributed by atoms with van der Waals surface area (Å²) in [5.41, 5.74) is 0.920. The molecular formula is C18H19NO5. The molecule has 0 aromatic heterocycles. The maximum atomic E-state index is 11.9. The summed E-state index contributed by atoms with van der Waals surface area (Å²) in [5.74, 6) is 0.259. The van der Waals surface area contributed by atoms with Crippen LogP contribution in [0.15, 0.2) is 48.5 Å². The molecule has 126 valence electrons. The van der Waals surface area contributed by atoms with Crippen molar-refractivity contribution < 1.29 is 23.8 Å². The number of rotatable bonds is 7. The van der Waals surface area contributed by atoms with Gasteiger partial charge < -0.3 is 19.5 Å². The zero-order valence-corrected chi connectivity index (χ0v) is 13.6. The molecule has 0 aliphatic carbocycles. The summed E-state index contributed by atoms with van der Waals surface area (Å²) in [7, 11) is 1.51. The molecule has 2 aromatic rings. The fourth-order valence-corrected chi connectivity index (χ4v) is 1.96. The number of methoxy groups -OCH3 is 1. The van der Waals surface area contributed by atoms with Crippen molar-refractivity contribution in [2.45, 2.75) is 6.92 Å². The molecule has 0 saturated carbocycles.